The topological polar surface area (TPSA) is 69.7 Å². The summed E-state index contributed by atoms with van der Waals surface area (Å²) in [6.07, 6.45) is 1.39. The SMILES string of the molecule is CCSc1ccccc1NC(=O)[C@@H]1CCCN(S(=O)(=O)N(C)C)C1. The van der Waals surface area contributed by atoms with Crippen molar-refractivity contribution < 1.29 is 13.2 Å². The first-order valence-electron chi connectivity index (χ1n) is 8.06. The number of rotatable bonds is 6. The molecule has 1 heterocycles. The molecule has 0 radical (unpaired) electrons. The molecule has 8 heteroatoms. The molecule has 1 aromatic carbocycles. The minimum atomic E-state index is -3.47. The van der Waals surface area contributed by atoms with Gasteiger partial charge in [0.25, 0.3) is 10.2 Å². The van der Waals surface area contributed by atoms with Crippen molar-refractivity contribution in [2.24, 2.45) is 5.92 Å². The predicted molar refractivity (Wildman–Crippen MR) is 98.4 cm³/mol. The summed E-state index contributed by atoms with van der Waals surface area (Å²) in [6.45, 7) is 2.76. The largest absolute Gasteiger partial charge is 0.325 e. The summed E-state index contributed by atoms with van der Waals surface area (Å²) in [5.41, 5.74) is 0.793. The lowest BCUT2D eigenvalue weighted by atomic mass is 9.99. The number of benzene rings is 1. The number of piperidine rings is 1. The summed E-state index contributed by atoms with van der Waals surface area (Å²) in [5, 5.41) is 2.97. The van der Waals surface area contributed by atoms with Gasteiger partial charge in [0.15, 0.2) is 0 Å². The zero-order valence-electron chi connectivity index (χ0n) is 14.4. The van der Waals surface area contributed by atoms with Crippen molar-refractivity contribution in [3.8, 4) is 0 Å². The van der Waals surface area contributed by atoms with Gasteiger partial charge in [-0.2, -0.15) is 17.0 Å². The molecule has 1 saturated heterocycles. The number of thioether (sulfide) groups is 1. The Bertz CT molecular complexity index is 677. The van der Waals surface area contributed by atoms with Gasteiger partial charge in [-0.3, -0.25) is 4.79 Å². The Hall–Kier alpha value is -1.09. The molecule has 0 saturated carbocycles. The van der Waals surface area contributed by atoms with E-state index in [9.17, 15) is 13.2 Å². The van der Waals surface area contributed by atoms with Crippen molar-refractivity contribution in [2.45, 2.75) is 24.7 Å². The number of hydrogen-bond donors (Lipinski definition) is 1. The maximum atomic E-state index is 12.6. The van der Waals surface area contributed by atoms with Gasteiger partial charge < -0.3 is 5.32 Å². The summed E-state index contributed by atoms with van der Waals surface area (Å²) in [4.78, 5) is 13.6. The van der Waals surface area contributed by atoms with Crippen LogP contribution in [-0.4, -0.2) is 55.9 Å². The maximum absolute atomic E-state index is 12.6. The normalized spacial score (nSPS) is 19.4. The van der Waals surface area contributed by atoms with Crippen molar-refractivity contribution in [1.29, 1.82) is 0 Å². The molecule has 6 nitrogen and oxygen atoms in total. The van der Waals surface area contributed by atoms with E-state index in [4.69, 9.17) is 0 Å². The highest BCUT2D eigenvalue weighted by atomic mass is 32.2. The summed E-state index contributed by atoms with van der Waals surface area (Å²) < 4.78 is 27.1. The molecule has 0 aromatic heterocycles. The first kappa shape index (κ1) is 19.2. The molecule has 1 fully saturated rings. The Kier molecular flexibility index (Phi) is 6.68. The molecular weight excluding hydrogens is 346 g/mol. The second-order valence-electron chi connectivity index (χ2n) is 5.91. The molecule has 0 spiro atoms. The Morgan fingerprint density at radius 2 is 2.08 bits per heavy atom. The van der Waals surface area contributed by atoms with E-state index in [1.165, 1.54) is 22.7 Å². The van der Waals surface area contributed by atoms with Crippen LogP contribution >= 0.6 is 11.8 Å². The van der Waals surface area contributed by atoms with Crippen LogP contribution in [0.15, 0.2) is 29.2 Å². The van der Waals surface area contributed by atoms with Crippen LogP contribution in [0.25, 0.3) is 0 Å². The van der Waals surface area contributed by atoms with Crippen molar-refractivity contribution in [3.05, 3.63) is 24.3 Å². The number of hydrogen-bond acceptors (Lipinski definition) is 4. The summed E-state index contributed by atoms with van der Waals surface area (Å²) in [6, 6.07) is 7.69. The van der Waals surface area contributed by atoms with E-state index in [1.807, 2.05) is 24.3 Å². The zero-order chi connectivity index (χ0) is 17.7. The Morgan fingerprint density at radius 3 is 2.75 bits per heavy atom. The fourth-order valence-corrected chi connectivity index (χ4v) is 4.63. The Morgan fingerprint density at radius 1 is 1.38 bits per heavy atom. The van der Waals surface area contributed by atoms with Crippen LogP contribution in [0.5, 0.6) is 0 Å². The average Bonchev–Trinajstić information content (AvgIpc) is 2.57. The molecule has 1 atom stereocenters. The van der Waals surface area contributed by atoms with Gasteiger partial charge in [0.05, 0.1) is 11.6 Å². The van der Waals surface area contributed by atoms with E-state index >= 15 is 0 Å². The molecule has 1 amide bonds. The Labute approximate surface area is 148 Å². The maximum Gasteiger partial charge on any atom is 0.281 e. The number of para-hydroxylation sites is 1. The highest BCUT2D eigenvalue weighted by molar-refractivity contribution is 7.99. The lowest BCUT2D eigenvalue weighted by Gasteiger charge is -2.32. The standard InChI is InChI=1S/C16H25N3O3S2/c1-4-23-15-10-6-5-9-14(15)17-16(20)13-8-7-11-19(12-13)24(21,22)18(2)3/h5-6,9-10,13H,4,7-8,11-12H2,1-3H3,(H,17,20)/t13-/m1/s1. The number of amides is 1. The van der Waals surface area contributed by atoms with Crippen molar-refractivity contribution in [3.63, 3.8) is 0 Å². The van der Waals surface area contributed by atoms with E-state index < -0.39 is 10.2 Å². The highest BCUT2D eigenvalue weighted by Gasteiger charge is 2.33. The van der Waals surface area contributed by atoms with Gasteiger partial charge in [-0.25, -0.2) is 0 Å². The number of anilines is 1. The van der Waals surface area contributed by atoms with Crippen LogP contribution in [0.2, 0.25) is 0 Å². The number of nitrogens with one attached hydrogen (secondary N) is 1. The van der Waals surface area contributed by atoms with E-state index in [1.54, 1.807) is 11.8 Å². The molecule has 1 aromatic rings. The minimum Gasteiger partial charge on any atom is -0.325 e. The van der Waals surface area contributed by atoms with Crippen LogP contribution in [0.4, 0.5) is 5.69 Å². The molecule has 0 unspecified atom stereocenters. The first-order chi connectivity index (χ1) is 11.4. The van der Waals surface area contributed by atoms with E-state index in [-0.39, 0.29) is 18.4 Å². The van der Waals surface area contributed by atoms with Gasteiger partial charge in [-0.05, 0) is 30.7 Å². The van der Waals surface area contributed by atoms with E-state index in [0.717, 1.165) is 16.3 Å². The molecule has 1 aliphatic rings. The quantitative estimate of drug-likeness (QED) is 0.779. The van der Waals surface area contributed by atoms with Gasteiger partial charge in [0.2, 0.25) is 5.91 Å². The smallest absolute Gasteiger partial charge is 0.281 e. The number of nitrogens with zero attached hydrogens (tertiary/aromatic N) is 2. The molecule has 0 aliphatic carbocycles. The average molecular weight is 372 g/mol. The molecule has 24 heavy (non-hydrogen) atoms. The first-order valence-corrected chi connectivity index (χ1v) is 10.4. The van der Waals surface area contributed by atoms with E-state index in [0.29, 0.717) is 19.4 Å². The number of carbonyl (C=O) groups excluding carboxylic acids is 1. The molecule has 0 bridgehead atoms. The minimum absolute atomic E-state index is 0.113. The summed E-state index contributed by atoms with van der Waals surface area (Å²) in [5.74, 6) is 0.483. The van der Waals surface area contributed by atoms with E-state index in [2.05, 4.69) is 12.2 Å². The van der Waals surface area contributed by atoms with Crippen molar-refractivity contribution >= 4 is 33.6 Å². The molecule has 1 aliphatic heterocycles. The summed E-state index contributed by atoms with van der Waals surface area (Å²) >= 11 is 1.67. The van der Waals surface area contributed by atoms with Crippen molar-refractivity contribution in [1.82, 2.24) is 8.61 Å². The van der Waals surface area contributed by atoms with Gasteiger partial charge in [-0.15, -0.1) is 11.8 Å². The fourth-order valence-electron chi connectivity index (χ4n) is 2.68. The molecule has 2 rings (SSSR count). The third kappa shape index (κ3) is 4.50. The van der Waals surface area contributed by atoms with Gasteiger partial charge in [-0.1, -0.05) is 19.1 Å². The highest BCUT2D eigenvalue weighted by Crippen LogP contribution is 2.28. The van der Waals surface area contributed by atoms with Crippen LogP contribution in [0, 0.1) is 5.92 Å². The fraction of sp³-hybridized carbons (Fsp3) is 0.562. The van der Waals surface area contributed by atoms with Gasteiger partial charge >= 0.3 is 0 Å². The molecule has 134 valence electrons. The molecule has 1 N–H and O–H groups in total. The lowest BCUT2D eigenvalue weighted by Crippen LogP contribution is -2.47. The van der Waals surface area contributed by atoms with Gasteiger partial charge in [0.1, 0.15) is 0 Å². The Balaban J connectivity index is 2.08. The van der Waals surface area contributed by atoms with Gasteiger partial charge in [0, 0.05) is 32.1 Å². The summed E-state index contributed by atoms with van der Waals surface area (Å²) in [7, 11) is -0.451. The lowest BCUT2D eigenvalue weighted by molar-refractivity contribution is -0.120. The second-order valence-corrected chi connectivity index (χ2v) is 9.35. The predicted octanol–water partition coefficient (Wildman–Crippen LogP) is 2.26. The molecular formula is C16H25N3O3S2. The third-order valence-corrected chi connectivity index (χ3v) is 6.85. The second kappa shape index (κ2) is 8.33. The monoisotopic (exact) mass is 371 g/mol. The number of carbonyl (C=O) groups is 1. The third-order valence-electron chi connectivity index (χ3n) is 3.99. The van der Waals surface area contributed by atoms with Crippen LogP contribution in [0.3, 0.4) is 0 Å². The zero-order valence-corrected chi connectivity index (χ0v) is 16.0. The van der Waals surface area contributed by atoms with Crippen LogP contribution in [0.1, 0.15) is 19.8 Å². The van der Waals surface area contributed by atoms with Crippen LogP contribution < -0.4 is 5.32 Å². The van der Waals surface area contributed by atoms with Crippen LogP contribution in [-0.2, 0) is 15.0 Å². The van der Waals surface area contributed by atoms with Crippen molar-refractivity contribution in [2.75, 3.05) is 38.3 Å².